The monoisotopic (exact) mass is 327 g/mol. The molecule has 2 N–H and O–H groups in total. The molecule has 0 radical (unpaired) electrons. The summed E-state index contributed by atoms with van der Waals surface area (Å²) < 4.78 is 15.5. The predicted molar refractivity (Wildman–Crippen MR) is 93.4 cm³/mol. The highest BCUT2D eigenvalue weighted by Gasteiger charge is 2.28. The number of hydrazone groups is 1. The van der Waals surface area contributed by atoms with Crippen LogP contribution in [-0.2, 0) is 4.74 Å². The van der Waals surface area contributed by atoms with Crippen molar-refractivity contribution in [3.05, 3.63) is 54.1 Å². The molecule has 0 saturated heterocycles. The third kappa shape index (κ3) is 3.44. The fourth-order valence-electron chi connectivity index (χ4n) is 2.68. The van der Waals surface area contributed by atoms with Gasteiger partial charge in [0.05, 0.1) is 18.8 Å². The first-order valence-electron chi connectivity index (χ1n) is 7.69. The molecule has 0 amide bonds. The van der Waals surface area contributed by atoms with E-state index in [1.54, 1.807) is 14.2 Å². The van der Waals surface area contributed by atoms with E-state index >= 15 is 0 Å². The maximum absolute atomic E-state index is 5.98. The van der Waals surface area contributed by atoms with Crippen LogP contribution in [0.5, 0.6) is 11.5 Å². The molecular weight excluding hydrogens is 306 g/mol. The van der Waals surface area contributed by atoms with Crippen molar-refractivity contribution in [2.45, 2.75) is 12.5 Å². The summed E-state index contributed by atoms with van der Waals surface area (Å²) >= 11 is 0. The molecule has 1 aliphatic rings. The van der Waals surface area contributed by atoms with Gasteiger partial charge in [0.25, 0.3) is 0 Å². The van der Waals surface area contributed by atoms with E-state index in [4.69, 9.17) is 19.9 Å². The average molecular weight is 327 g/mol. The van der Waals surface area contributed by atoms with Gasteiger partial charge in [-0.15, -0.1) is 0 Å². The zero-order chi connectivity index (χ0) is 16.9. The van der Waals surface area contributed by atoms with E-state index in [1.807, 2.05) is 53.5 Å². The van der Waals surface area contributed by atoms with Gasteiger partial charge in [0.15, 0.2) is 6.79 Å². The Morgan fingerprint density at radius 3 is 2.33 bits per heavy atom. The first kappa shape index (κ1) is 16.1. The largest absolute Gasteiger partial charge is 0.497 e. The molecule has 1 unspecified atom stereocenters. The molecule has 0 aliphatic carbocycles. The standard InChI is InChI=1S/C18H21N3O3/c1-22-12-24-16-7-3-13(4-8-16)17-11-18(19)20-21(17)14-5-9-15(23-2)10-6-14/h3-10,17H,11-12H2,1-2H3,(H2,19,20). The topological polar surface area (TPSA) is 69.3 Å². The summed E-state index contributed by atoms with van der Waals surface area (Å²) in [6.07, 6.45) is 0.685. The van der Waals surface area contributed by atoms with E-state index in [9.17, 15) is 0 Å². The van der Waals surface area contributed by atoms with Gasteiger partial charge in [0.2, 0.25) is 0 Å². The Bertz CT molecular complexity index is 698. The van der Waals surface area contributed by atoms with E-state index in [0.717, 1.165) is 22.7 Å². The highest BCUT2D eigenvalue weighted by Crippen LogP contribution is 2.35. The molecule has 1 aliphatic heterocycles. The first-order valence-corrected chi connectivity index (χ1v) is 7.69. The van der Waals surface area contributed by atoms with Crippen LogP contribution in [0.2, 0.25) is 0 Å². The van der Waals surface area contributed by atoms with Crippen molar-refractivity contribution in [2.75, 3.05) is 26.0 Å². The number of nitrogens with two attached hydrogens (primary N) is 1. The Balaban J connectivity index is 1.80. The van der Waals surface area contributed by atoms with Gasteiger partial charge in [0, 0.05) is 13.5 Å². The Morgan fingerprint density at radius 2 is 1.71 bits per heavy atom. The quantitative estimate of drug-likeness (QED) is 0.826. The van der Waals surface area contributed by atoms with Gasteiger partial charge in [-0.05, 0) is 42.0 Å². The number of rotatable bonds is 6. The van der Waals surface area contributed by atoms with Gasteiger partial charge in [0.1, 0.15) is 17.3 Å². The van der Waals surface area contributed by atoms with Crippen molar-refractivity contribution in [1.82, 2.24) is 0 Å². The van der Waals surface area contributed by atoms with Crippen molar-refractivity contribution in [1.29, 1.82) is 0 Å². The third-order valence-corrected chi connectivity index (χ3v) is 3.88. The van der Waals surface area contributed by atoms with Crippen molar-refractivity contribution in [3.8, 4) is 11.5 Å². The minimum absolute atomic E-state index is 0.0647. The SMILES string of the molecule is COCOc1ccc(C2CC(N)=NN2c2ccc(OC)cc2)cc1. The van der Waals surface area contributed by atoms with Crippen LogP contribution in [0.1, 0.15) is 18.0 Å². The molecule has 0 bridgehead atoms. The fourth-order valence-corrected chi connectivity index (χ4v) is 2.68. The van der Waals surface area contributed by atoms with E-state index in [2.05, 4.69) is 5.10 Å². The molecule has 1 atom stereocenters. The van der Waals surface area contributed by atoms with Gasteiger partial charge in [-0.25, -0.2) is 0 Å². The summed E-state index contributed by atoms with van der Waals surface area (Å²) in [7, 11) is 3.25. The minimum Gasteiger partial charge on any atom is -0.497 e. The highest BCUT2D eigenvalue weighted by molar-refractivity contribution is 5.85. The van der Waals surface area contributed by atoms with Crippen LogP contribution in [0.3, 0.4) is 0 Å². The molecule has 3 rings (SSSR count). The summed E-state index contributed by atoms with van der Waals surface area (Å²) in [6.45, 7) is 0.233. The summed E-state index contributed by atoms with van der Waals surface area (Å²) in [5.74, 6) is 2.20. The Morgan fingerprint density at radius 1 is 1.04 bits per heavy atom. The number of amidine groups is 1. The zero-order valence-electron chi connectivity index (χ0n) is 13.8. The van der Waals surface area contributed by atoms with Crippen molar-refractivity contribution < 1.29 is 14.2 Å². The number of anilines is 1. The van der Waals surface area contributed by atoms with Crippen LogP contribution in [0.15, 0.2) is 53.6 Å². The van der Waals surface area contributed by atoms with Gasteiger partial charge in [-0.3, -0.25) is 5.01 Å². The van der Waals surface area contributed by atoms with Crippen LogP contribution >= 0.6 is 0 Å². The van der Waals surface area contributed by atoms with Gasteiger partial charge in [-0.2, -0.15) is 5.10 Å². The number of benzene rings is 2. The number of hydrogen-bond donors (Lipinski definition) is 1. The Hall–Kier alpha value is -2.73. The van der Waals surface area contributed by atoms with Crippen molar-refractivity contribution >= 4 is 11.5 Å². The lowest BCUT2D eigenvalue weighted by Gasteiger charge is -2.24. The van der Waals surface area contributed by atoms with Crippen LogP contribution in [0.25, 0.3) is 0 Å². The van der Waals surface area contributed by atoms with Crippen molar-refractivity contribution in [3.63, 3.8) is 0 Å². The summed E-state index contributed by atoms with van der Waals surface area (Å²) in [6, 6.07) is 15.8. The predicted octanol–water partition coefficient (Wildman–Crippen LogP) is 2.90. The Kier molecular flexibility index (Phi) is 4.86. The van der Waals surface area contributed by atoms with E-state index in [-0.39, 0.29) is 12.8 Å². The van der Waals surface area contributed by atoms with Crippen molar-refractivity contribution in [2.24, 2.45) is 10.8 Å². The molecule has 2 aromatic carbocycles. The molecule has 6 nitrogen and oxygen atoms in total. The smallest absolute Gasteiger partial charge is 0.188 e. The van der Waals surface area contributed by atoms with E-state index < -0.39 is 0 Å². The molecular formula is C18H21N3O3. The second kappa shape index (κ2) is 7.23. The molecule has 24 heavy (non-hydrogen) atoms. The molecule has 0 aromatic heterocycles. The van der Waals surface area contributed by atoms with Crippen LogP contribution in [-0.4, -0.2) is 26.8 Å². The minimum atomic E-state index is 0.0647. The average Bonchev–Trinajstić information content (AvgIpc) is 3.02. The fraction of sp³-hybridized carbons (Fsp3) is 0.278. The molecule has 2 aromatic rings. The normalized spacial score (nSPS) is 16.8. The molecule has 6 heteroatoms. The summed E-state index contributed by atoms with van der Waals surface area (Å²) in [5.41, 5.74) is 8.08. The third-order valence-electron chi connectivity index (χ3n) is 3.88. The molecule has 0 saturated carbocycles. The lowest BCUT2D eigenvalue weighted by molar-refractivity contribution is 0.0511. The van der Waals surface area contributed by atoms with Gasteiger partial charge >= 0.3 is 0 Å². The van der Waals surface area contributed by atoms with Crippen LogP contribution < -0.4 is 20.2 Å². The number of methoxy groups -OCH3 is 2. The molecule has 0 spiro atoms. The highest BCUT2D eigenvalue weighted by atomic mass is 16.7. The summed E-state index contributed by atoms with van der Waals surface area (Å²) in [4.78, 5) is 0. The zero-order valence-corrected chi connectivity index (χ0v) is 13.8. The maximum Gasteiger partial charge on any atom is 0.188 e. The lowest BCUT2D eigenvalue weighted by Crippen LogP contribution is -2.18. The lowest BCUT2D eigenvalue weighted by atomic mass is 10.0. The molecule has 126 valence electrons. The van der Waals surface area contributed by atoms with E-state index in [1.165, 1.54) is 0 Å². The van der Waals surface area contributed by atoms with Crippen LogP contribution in [0, 0.1) is 0 Å². The Labute approximate surface area is 141 Å². The van der Waals surface area contributed by atoms with Gasteiger partial charge in [-0.1, -0.05) is 12.1 Å². The number of nitrogens with zero attached hydrogens (tertiary/aromatic N) is 2. The molecule has 0 fully saturated rings. The maximum atomic E-state index is 5.98. The van der Waals surface area contributed by atoms with Crippen LogP contribution in [0.4, 0.5) is 5.69 Å². The number of hydrogen-bond acceptors (Lipinski definition) is 6. The first-order chi connectivity index (χ1) is 11.7. The number of ether oxygens (including phenoxy) is 3. The van der Waals surface area contributed by atoms with E-state index in [0.29, 0.717) is 12.3 Å². The molecule has 1 heterocycles. The van der Waals surface area contributed by atoms with Gasteiger partial charge < -0.3 is 19.9 Å². The second-order valence-corrected chi connectivity index (χ2v) is 5.47. The second-order valence-electron chi connectivity index (χ2n) is 5.47. The summed E-state index contributed by atoms with van der Waals surface area (Å²) in [5, 5.41) is 6.42.